The Balaban J connectivity index is 1.06. The number of nitrogens with one attached hydrogen (secondary N) is 1. The number of anilines is 3. The van der Waals surface area contributed by atoms with Crippen LogP contribution < -0.4 is 15.8 Å². The van der Waals surface area contributed by atoms with E-state index in [1.54, 1.807) is 17.0 Å². The average Bonchev–Trinajstić information content (AvgIpc) is 3.82. The summed E-state index contributed by atoms with van der Waals surface area (Å²) in [6, 6.07) is 12.1. The van der Waals surface area contributed by atoms with E-state index >= 15 is 0 Å². The Hall–Kier alpha value is -4.02. The van der Waals surface area contributed by atoms with Gasteiger partial charge in [-0.05, 0) is 113 Å². The molecule has 2 spiro atoms. The van der Waals surface area contributed by atoms with Crippen LogP contribution in [0.3, 0.4) is 0 Å². The predicted octanol–water partition coefficient (Wildman–Crippen LogP) is 4.98. The molecule has 2 N–H and O–H groups in total. The first-order chi connectivity index (χ1) is 22.2. The molecular formula is C35H42N8O2. The van der Waals surface area contributed by atoms with E-state index in [0.29, 0.717) is 33.9 Å². The third kappa shape index (κ3) is 4.95. The molecule has 10 heteroatoms. The summed E-state index contributed by atoms with van der Waals surface area (Å²) >= 11 is 0. The number of nitrogens with zero attached hydrogens (tertiary/aromatic N) is 7. The van der Waals surface area contributed by atoms with E-state index in [-0.39, 0.29) is 12.1 Å². The molecule has 4 aliphatic rings. The number of fused-ring (bicyclic) bond motifs is 2. The summed E-state index contributed by atoms with van der Waals surface area (Å²) in [5.41, 5.74) is 3.55. The summed E-state index contributed by atoms with van der Waals surface area (Å²) in [6.45, 7) is 8.68. The standard InChI is InChI=1S/C35H42N8O2/c1-3-18-42-32(45)27-23-36-33(39-31(27)43(42)28-9-4-24-10-11-35(12-13-35)30(44)29(24)38-28)37-25-5-7-26(8-6-25)41-21-16-34(17-22-41)14-19-40(2)20-15-34/h3-9,23,30,44H,1,10-22H2,2H3,(H,36,37,39)/i30D. The van der Waals surface area contributed by atoms with Crippen LogP contribution in [0, 0.1) is 10.8 Å². The lowest BCUT2D eigenvalue weighted by atomic mass is 9.71. The number of hydrogen-bond donors (Lipinski definition) is 2. The van der Waals surface area contributed by atoms with Gasteiger partial charge in [-0.15, -0.1) is 6.58 Å². The maximum Gasteiger partial charge on any atom is 0.278 e. The number of allylic oxidation sites excluding steroid dienone is 1. The molecule has 1 unspecified atom stereocenters. The average molecular weight is 608 g/mol. The van der Waals surface area contributed by atoms with Gasteiger partial charge in [0.2, 0.25) is 5.95 Å². The number of benzene rings is 1. The van der Waals surface area contributed by atoms with Gasteiger partial charge in [-0.2, -0.15) is 4.98 Å². The first-order valence-corrected chi connectivity index (χ1v) is 16.3. The van der Waals surface area contributed by atoms with Crippen LogP contribution in [-0.2, 0) is 13.0 Å². The van der Waals surface area contributed by atoms with Crippen molar-refractivity contribution >= 4 is 28.4 Å². The van der Waals surface area contributed by atoms with Crippen LogP contribution in [0.25, 0.3) is 16.9 Å². The number of pyridine rings is 1. The Morgan fingerprint density at radius 2 is 1.76 bits per heavy atom. The quantitative estimate of drug-likeness (QED) is 0.296. The van der Waals surface area contributed by atoms with Gasteiger partial charge in [0, 0.05) is 36.1 Å². The highest BCUT2D eigenvalue weighted by molar-refractivity contribution is 5.77. The molecule has 2 aliphatic heterocycles. The van der Waals surface area contributed by atoms with Gasteiger partial charge in [-0.1, -0.05) is 12.1 Å². The molecule has 3 aromatic heterocycles. The highest BCUT2D eigenvalue weighted by atomic mass is 16.3. The SMILES string of the molecule is [2H]C1(O)c2nc(-n3c4nc(Nc5ccc(N6CCC7(CCN(C)CC7)CC6)cc5)ncc4c(=O)n3CC=C)ccc2CCC12CC2. The van der Waals surface area contributed by atoms with Crippen molar-refractivity contribution in [2.75, 3.05) is 43.4 Å². The highest BCUT2D eigenvalue weighted by Crippen LogP contribution is 2.60. The van der Waals surface area contributed by atoms with Crippen molar-refractivity contribution in [3.05, 3.63) is 76.9 Å². The minimum Gasteiger partial charge on any atom is -0.386 e. The molecular weight excluding hydrogens is 564 g/mol. The Morgan fingerprint density at radius 3 is 2.47 bits per heavy atom. The van der Waals surface area contributed by atoms with Crippen molar-refractivity contribution in [2.24, 2.45) is 10.8 Å². The normalized spacial score (nSPS) is 24.0. The van der Waals surface area contributed by atoms with Crippen LogP contribution in [0.5, 0.6) is 0 Å². The van der Waals surface area contributed by atoms with Gasteiger partial charge in [-0.25, -0.2) is 19.3 Å². The van der Waals surface area contributed by atoms with Gasteiger partial charge >= 0.3 is 0 Å². The first kappa shape index (κ1) is 27.3. The molecule has 1 aromatic carbocycles. The van der Waals surface area contributed by atoms with Crippen molar-refractivity contribution in [2.45, 2.75) is 64.0 Å². The zero-order valence-corrected chi connectivity index (χ0v) is 26.0. The molecule has 1 atom stereocenters. The van der Waals surface area contributed by atoms with E-state index in [4.69, 9.17) is 11.3 Å². The number of aryl methyl sites for hydroxylation is 1. The number of hydrogen-bond acceptors (Lipinski definition) is 8. The molecule has 2 aliphatic carbocycles. The van der Waals surface area contributed by atoms with E-state index in [1.807, 2.05) is 24.3 Å². The summed E-state index contributed by atoms with van der Waals surface area (Å²) in [4.78, 5) is 32.5. The minimum atomic E-state index is -1.76. The van der Waals surface area contributed by atoms with Crippen LogP contribution in [-0.4, -0.2) is 67.5 Å². The lowest BCUT2D eigenvalue weighted by molar-refractivity contribution is 0.0734. The smallest absolute Gasteiger partial charge is 0.278 e. The fraction of sp³-hybridized carbons (Fsp3) is 0.486. The molecule has 0 bridgehead atoms. The molecule has 10 nitrogen and oxygen atoms in total. The Morgan fingerprint density at radius 1 is 1.02 bits per heavy atom. The molecule has 0 radical (unpaired) electrons. The van der Waals surface area contributed by atoms with Crippen molar-refractivity contribution in [1.82, 2.24) is 29.2 Å². The Bertz CT molecular complexity index is 1860. The van der Waals surface area contributed by atoms with Crippen LogP contribution >= 0.6 is 0 Å². The minimum absolute atomic E-state index is 0.238. The Kier molecular flexibility index (Phi) is 6.56. The van der Waals surface area contributed by atoms with E-state index in [2.05, 4.69) is 45.9 Å². The first-order valence-electron chi connectivity index (χ1n) is 16.8. The molecule has 234 valence electrons. The van der Waals surface area contributed by atoms with E-state index in [1.165, 1.54) is 49.1 Å². The van der Waals surface area contributed by atoms with Gasteiger partial charge in [0.15, 0.2) is 11.5 Å². The van der Waals surface area contributed by atoms with E-state index < -0.39 is 11.5 Å². The molecule has 1 saturated carbocycles. The molecule has 45 heavy (non-hydrogen) atoms. The summed E-state index contributed by atoms with van der Waals surface area (Å²) in [7, 11) is 2.23. The third-order valence-corrected chi connectivity index (χ3v) is 11.0. The molecule has 2 saturated heterocycles. The van der Waals surface area contributed by atoms with Crippen molar-refractivity contribution in [1.29, 1.82) is 0 Å². The Labute approximate surface area is 264 Å². The largest absolute Gasteiger partial charge is 0.386 e. The van der Waals surface area contributed by atoms with Crippen LogP contribution in [0.2, 0.25) is 0 Å². The van der Waals surface area contributed by atoms with Gasteiger partial charge in [-0.3, -0.25) is 4.79 Å². The van der Waals surface area contributed by atoms with Crippen LogP contribution in [0.15, 0.2) is 60.0 Å². The van der Waals surface area contributed by atoms with Gasteiger partial charge in [0.05, 0.1) is 13.6 Å². The topological polar surface area (TPSA) is 104 Å². The summed E-state index contributed by atoms with van der Waals surface area (Å²) < 4.78 is 12.1. The lowest BCUT2D eigenvalue weighted by Crippen LogP contribution is -2.46. The summed E-state index contributed by atoms with van der Waals surface area (Å²) in [5, 5.41) is 15.0. The fourth-order valence-electron chi connectivity index (χ4n) is 7.71. The fourth-order valence-corrected chi connectivity index (χ4v) is 7.71. The second-order valence-corrected chi connectivity index (χ2v) is 13.7. The second kappa shape index (κ2) is 10.8. The van der Waals surface area contributed by atoms with Crippen LogP contribution in [0.4, 0.5) is 17.3 Å². The van der Waals surface area contributed by atoms with Crippen molar-refractivity contribution < 1.29 is 6.48 Å². The predicted molar refractivity (Wildman–Crippen MR) is 176 cm³/mol. The molecule has 8 rings (SSSR count). The number of likely N-dealkylation sites (tertiary alicyclic amines) is 1. The lowest BCUT2D eigenvalue weighted by Gasteiger charge is -2.46. The van der Waals surface area contributed by atoms with Gasteiger partial charge < -0.3 is 20.2 Å². The number of piperidine rings is 2. The zero-order chi connectivity index (χ0) is 31.7. The maximum atomic E-state index is 13.5. The van der Waals surface area contributed by atoms with Gasteiger partial charge in [0.1, 0.15) is 11.5 Å². The van der Waals surface area contributed by atoms with Crippen molar-refractivity contribution in [3.8, 4) is 5.82 Å². The monoisotopic (exact) mass is 607 g/mol. The van der Waals surface area contributed by atoms with Gasteiger partial charge in [0.25, 0.3) is 5.56 Å². The third-order valence-electron chi connectivity index (χ3n) is 11.0. The maximum absolute atomic E-state index is 13.5. The van der Waals surface area contributed by atoms with Crippen LogP contribution in [0.1, 0.15) is 63.7 Å². The number of aromatic nitrogens is 5. The molecule has 0 amide bonds. The van der Waals surface area contributed by atoms with E-state index in [9.17, 15) is 9.90 Å². The molecule has 3 fully saturated rings. The number of aliphatic hydroxyl groups is 1. The molecule has 5 heterocycles. The number of rotatable bonds is 6. The van der Waals surface area contributed by atoms with E-state index in [0.717, 1.165) is 50.0 Å². The molecule has 4 aromatic rings. The summed E-state index contributed by atoms with van der Waals surface area (Å²) in [5.74, 6) is 0.785. The highest BCUT2D eigenvalue weighted by Gasteiger charge is 2.52. The summed E-state index contributed by atoms with van der Waals surface area (Å²) in [6.07, 6.45) is 9.77. The second-order valence-electron chi connectivity index (χ2n) is 13.7. The zero-order valence-electron chi connectivity index (χ0n) is 27.0. The van der Waals surface area contributed by atoms with Crippen molar-refractivity contribution in [3.63, 3.8) is 0 Å².